The van der Waals surface area contributed by atoms with Crippen molar-refractivity contribution >= 4 is 64.3 Å². The lowest BCUT2D eigenvalue weighted by atomic mass is 10.4. The summed E-state index contributed by atoms with van der Waals surface area (Å²) in [7, 11) is 0. The average molecular weight is 340 g/mol. The minimum atomic E-state index is -2.90. The molecule has 96 valence electrons. The van der Waals surface area contributed by atoms with Crippen molar-refractivity contribution in [3.63, 3.8) is 0 Å². The van der Waals surface area contributed by atoms with Gasteiger partial charge >= 0.3 is 0 Å². The van der Waals surface area contributed by atoms with Crippen molar-refractivity contribution in [2.75, 3.05) is 0 Å². The Kier molecular flexibility index (Phi) is 5.67. The number of rotatable bonds is 2. The molecule has 6 heteroatoms. The number of hydrogen-bond donors (Lipinski definition) is 1. The maximum absolute atomic E-state index is 10.6. The highest BCUT2D eigenvalue weighted by Crippen LogP contribution is 2.42. The Morgan fingerprint density at radius 3 is 1.50 bits per heavy atom. The van der Waals surface area contributed by atoms with Crippen molar-refractivity contribution in [3.8, 4) is 0 Å². The molecule has 0 aliphatic heterocycles. The van der Waals surface area contributed by atoms with Crippen LogP contribution in [0, 0.1) is 0 Å². The van der Waals surface area contributed by atoms with Crippen LogP contribution in [0.2, 0.25) is 10.0 Å². The molecule has 2 aromatic carbocycles. The smallest absolute Gasteiger partial charge is 0.123 e. The van der Waals surface area contributed by atoms with Crippen LogP contribution in [0.4, 0.5) is 0 Å². The first-order valence-electron chi connectivity index (χ1n) is 4.86. The molecule has 0 unspecified atom stereocenters. The van der Waals surface area contributed by atoms with E-state index in [1.807, 2.05) is 0 Å². The Hall–Kier alpha value is -0.0800. The molecule has 0 atom stereocenters. The van der Waals surface area contributed by atoms with E-state index >= 15 is 0 Å². The average Bonchev–Trinajstić information content (AvgIpc) is 2.29. The highest BCUT2D eigenvalue weighted by atomic mass is 35.5. The molecule has 0 heterocycles. The van der Waals surface area contributed by atoms with E-state index in [9.17, 15) is 4.89 Å². The first-order chi connectivity index (χ1) is 8.03. The standard InChI is InChI=1S/C12H9Cl2OPS.ClH/c13-9-5-1-3-7-11(9)16(15,17)12-8-4-2-6-10(12)14;/h1-8H,(H,15,17);1H. The van der Waals surface area contributed by atoms with Gasteiger partial charge in [0.05, 0.1) is 10.0 Å². The largest absolute Gasteiger partial charge is 0.358 e. The van der Waals surface area contributed by atoms with Gasteiger partial charge in [-0.3, -0.25) is 0 Å². The fraction of sp³-hybridized carbons (Fsp3) is 0. The molecule has 18 heavy (non-hydrogen) atoms. The summed E-state index contributed by atoms with van der Waals surface area (Å²) >= 11 is 17.5. The van der Waals surface area contributed by atoms with Crippen LogP contribution < -0.4 is 10.6 Å². The van der Waals surface area contributed by atoms with Gasteiger partial charge in [-0.25, -0.2) is 0 Å². The zero-order chi connectivity index (χ0) is 12.5. The van der Waals surface area contributed by atoms with Crippen LogP contribution in [0.15, 0.2) is 48.5 Å². The summed E-state index contributed by atoms with van der Waals surface area (Å²) in [6, 6.07) is 14.1. The minimum Gasteiger partial charge on any atom is -0.358 e. The Labute approximate surface area is 127 Å². The predicted octanol–water partition coefficient (Wildman–Crippen LogP) is 3.75. The second-order valence-electron chi connectivity index (χ2n) is 3.48. The van der Waals surface area contributed by atoms with Gasteiger partial charge in [-0.15, -0.1) is 12.4 Å². The van der Waals surface area contributed by atoms with Crippen LogP contribution in [-0.2, 0) is 11.8 Å². The number of hydrogen-bond acceptors (Lipinski definition) is 1. The fourth-order valence-corrected chi connectivity index (χ4v) is 5.35. The third kappa shape index (κ3) is 3.08. The molecule has 0 radical (unpaired) electrons. The van der Waals surface area contributed by atoms with E-state index in [0.717, 1.165) is 0 Å². The van der Waals surface area contributed by atoms with E-state index in [0.29, 0.717) is 20.7 Å². The SMILES string of the molecule is Cl.OP(=S)(c1ccccc1Cl)c1ccccc1Cl. The summed E-state index contributed by atoms with van der Waals surface area (Å²) in [4.78, 5) is 10.6. The Balaban J connectivity index is 0.00000162. The van der Waals surface area contributed by atoms with E-state index in [-0.39, 0.29) is 12.4 Å². The van der Waals surface area contributed by atoms with Crippen LogP contribution in [0.5, 0.6) is 0 Å². The fourth-order valence-electron chi connectivity index (χ4n) is 1.52. The lowest BCUT2D eigenvalue weighted by Gasteiger charge is -2.18. The Bertz CT molecular complexity index is 554. The molecule has 1 N–H and O–H groups in total. The maximum Gasteiger partial charge on any atom is 0.123 e. The topological polar surface area (TPSA) is 20.2 Å². The van der Waals surface area contributed by atoms with Gasteiger partial charge in [0.2, 0.25) is 0 Å². The van der Waals surface area contributed by atoms with Crippen molar-refractivity contribution in [1.29, 1.82) is 0 Å². The van der Waals surface area contributed by atoms with Gasteiger partial charge in [0.25, 0.3) is 0 Å². The zero-order valence-electron chi connectivity index (χ0n) is 9.09. The van der Waals surface area contributed by atoms with Gasteiger partial charge in [-0.05, 0) is 24.3 Å². The van der Waals surface area contributed by atoms with E-state index in [1.165, 1.54) is 0 Å². The van der Waals surface area contributed by atoms with Crippen molar-refractivity contribution in [1.82, 2.24) is 0 Å². The molecule has 0 aliphatic carbocycles. The number of halogens is 3. The summed E-state index contributed by atoms with van der Waals surface area (Å²) < 4.78 is 0. The molecular weight excluding hydrogens is 330 g/mol. The van der Waals surface area contributed by atoms with Crippen LogP contribution in [0.3, 0.4) is 0 Å². The van der Waals surface area contributed by atoms with Crippen LogP contribution >= 0.6 is 41.9 Å². The van der Waals surface area contributed by atoms with Gasteiger partial charge in [-0.2, -0.15) is 0 Å². The van der Waals surface area contributed by atoms with Gasteiger partial charge < -0.3 is 4.89 Å². The second kappa shape index (κ2) is 6.38. The molecule has 0 saturated heterocycles. The monoisotopic (exact) mass is 338 g/mol. The molecule has 0 aliphatic rings. The first kappa shape index (κ1) is 16.0. The molecule has 0 fully saturated rings. The van der Waals surface area contributed by atoms with Crippen molar-refractivity contribution in [2.45, 2.75) is 0 Å². The van der Waals surface area contributed by atoms with Crippen molar-refractivity contribution in [3.05, 3.63) is 58.6 Å². The first-order valence-corrected chi connectivity index (χ1v) is 8.37. The molecule has 0 amide bonds. The van der Waals surface area contributed by atoms with Crippen LogP contribution in [-0.4, -0.2) is 4.89 Å². The van der Waals surface area contributed by atoms with E-state index in [1.54, 1.807) is 48.5 Å². The van der Waals surface area contributed by atoms with Gasteiger partial charge in [0, 0.05) is 10.6 Å². The molecule has 0 spiro atoms. The molecule has 1 nitrogen and oxygen atoms in total. The van der Waals surface area contributed by atoms with Crippen LogP contribution in [0.25, 0.3) is 0 Å². The van der Waals surface area contributed by atoms with E-state index < -0.39 is 6.26 Å². The normalized spacial score (nSPS) is 10.8. The molecular formula is C12H10Cl3OPS. The van der Waals surface area contributed by atoms with E-state index in [4.69, 9.17) is 35.0 Å². The highest BCUT2D eigenvalue weighted by molar-refractivity contribution is 8.19. The summed E-state index contributed by atoms with van der Waals surface area (Å²) in [6.07, 6.45) is -2.90. The predicted molar refractivity (Wildman–Crippen MR) is 85.9 cm³/mol. The lowest BCUT2D eigenvalue weighted by Crippen LogP contribution is -2.17. The summed E-state index contributed by atoms with van der Waals surface area (Å²) in [5, 5.41) is 2.09. The Morgan fingerprint density at radius 1 is 0.833 bits per heavy atom. The molecule has 0 saturated carbocycles. The minimum absolute atomic E-state index is 0. The van der Waals surface area contributed by atoms with Crippen molar-refractivity contribution < 1.29 is 4.89 Å². The lowest BCUT2D eigenvalue weighted by molar-refractivity contribution is 0.642. The van der Waals surface area contributed by atoms with Gasteiger partial charge in [0.15, 0.2) is 0 Å². The highest BCUT2D eigenvalue weighted by Gasteiger charge is 2.23. The summed E-state index contributed by atoms with van der Waals surface area (Å²) in [6.45, 7) is 0. The molecule has 0 aromatic heterocycles. The summed E-state index contributed by atoms with van der Waals surface area (Å²) in [5.41, 5.74) is 0. The third-order valence-electron chi connectivity index (χ3n) is 2.36. The zero-order valence-corrected chi connectivity index (χ0v) is 13.1. The third-order valence-corrected chi connectivity index (χ3v) is 6.55. The maximum atomic E-state index is 10.6. The Morgan fingerprint density at radius 2 is 1.17 bits per heavy atom. The van der Waals surface area contributed by atoms with Crippen LogP contribution in [0.1, 0.15) is 0 Å². The summed E-state index contributed by atoms with van der Waals surface area (Å²) in [5.74, 6) is 0. The molecule has 2 rings (SSSR count). The number of benzene rings is 2. The van der Waals surface area contributed by atoms with Gasteiger partial charge in [0.1, 0.15) is 6.26 Å². The molecule has 2 aromatic rings. The molecule has 0 bridgehead atoms. The van der Waals surface area contributed by atoms with Gasteiger partial charge in [-0.1, -0.05) is 59.3 Å². The van der Waals surface area contributed by atoms with Crippen molar-refractivity contribution in [2.24, 2.45) is 0 Å². The quantitative estimate of drug-likeness (QED) is 0.841. The second-order valence-corrected chi connectivity index (χ2v) is 7.99. The van der Waals surface area contributed by atoms with E-state index in [2.05, 4.69) is 0 Å².